The Labute approximate surface area is 150 Å². The quantitative estimate of drug-likeness (QED) is 0.764. The molecule has 0 aliphatic carbocycles. The topological polar surface area (TPSA) is 94.1 Å². The van der Waals surface area contributed by atoms with Gasteiger partial charge in [-0.3, -0.25) is 4.79 Å². The fraction of sp³-hybridized carbons (Fsp3) is 0.263. The number of phenols is 1. The third-order valence-corrected chi connectivity index (χ3v) is 3.76. The molecule has 26 heavy (non-hydrogen) atoms. The van der Waals surface area contributed by atoms with Crippen molar-refractivity contribution in [2.45, 2.75) is 6.42 Å². The van der Waals surface area contributed by atoms with E-state index in [2.05, 4.69) is 5.32 Å². The molecule has 3 rings (SSSR count). The van der Waals surface area contributed by atoms with Crippen LogP contribution < -0.4 is 14.8 Å². The van der Waals surface area contributed by atoms with Crippen LogP contribution in [0.15, 0.2) is 42.5 Å². The van der Waals surface area contributed by atoms with Gasteiger partial charge in [0.25, 0.3) is 5.91 Å². The highest BCUT2D eigenvalue weighted by atomic mass is 16.6. The average molecular weight is 357 g/mol. The van der Waals surface area contributed by atoms with E-state index in [1.807, 2.05) is 18.2 Å². The normalized spacial score (nSPS) is 12.3. The third kappa shape index (κ3) is 4.66. The summed E-state index contributed by atoms with van der Waals surface area (Å²) in [6.07, 6.45) is 0.614. The number of fused-ring (bicyclic) bond motifs is 1. The highest BCUT2D eigenvalue weighted by Crippen LogP contribution is 2.30. The molecule has 0 radical (unpaired) electrons. The van der Waals surface area contributed by atoms with Crippen LogP contribution in [0.5, 0.6) is 17.2 Å². The van der Waals surface area contributed by atoms with Gasteiger partial charge in [0.1, 0.15) is 19.0 Å². The number of aromatic hydroxyl groups is 1. The molecule has 0 atom stereocenters. The van der Waals surface area contributed by atoms with E-state index in [4.69, 9.17) is 14.2 Å². The number of hydrogen-bond acceptors (Lipinski definition) is 6. The zero-order chi connectivity index (χ0) is 18.4. The lowest BCUT2D eigenvalue weighted by atomic mass is 10.1. The van der Waals surface area contributed by atoms with E-state index in [1.165, 1.54) is 24.3 Å². The van der Waals surface area contributed by atoms with Crippen LogP contribution in [0.25, 0.3) is 0 Å². The van der Waals surface area contributed by atoms with E-state index >= 15 is 0 Å². The number of rotatable bonds is 6. The zero-order valence-electron chi connectivity index (χ0n) is 14.1. The molecule has 0 spiro atoms. The van der Waals surface area contributed by atoms with Crippen molar-refractivity contribution in [1.29, 1.82) is 0 Å². The molecule has 136 valence electrons. The highest BCUT2D eigenvalue weighted by molar-refractivity contribution is 5.91. The van der Waals surface area contributed by atoms with Gasteiger partial charge < -0.3 is 24.6 Å². The third-order valence-electron chi connectivity index (χ3n) is 3.76. The van der Waals surface area contributed by atoms with Crippen molar-refractivity contribution in [3.63, 3.8) is 0 Å². The molecule has 0 fully saturated rings. The van der Waals surface area contributed by atoms with E-state index in [0.717, 1.165) is 11.3 Å². The minimum absolute atomic E-state index is 0.0386. The second-order valence-electron chi connectivity index (χ2n) is 5.70. The first-order valence-corrected chi connectivity index (χ1v) is 8.23. The lowest BCUT2D eigenvalue weighted by Crippen LogP contribution is -2.30. The van der Waals surface area contributed by atoms with Gasteiger partial charge in [0, 0.05) is 6.54 Å². The molecule has 2 aromatic carbocycles. The van der Waals surface area contributed by atoms with Gasteiger partial charge in [-0.1, -0.05) is 12.1 Å². The molecule has 7 heteroatoms. The number of hydrogen-bond donors (Lipinski definition) is 2. The predicted molar refractivity (Wildman–Crippen MR) is 92.5 cm³/mol. The number of carbonyl (C=O) groups is 2. The molecule has 1 amide bonds. The van der Waals surface area contributed by atoms with Gasteiger partial charge >= 0.3 is 5.97 Å². The summed E-state index contributed by atoms with van der Waals surface area (Å²) >= 11 is 0. The van der Waals surface area contributed by atoms with E-state index in [-0.39, 0.29) is 17.9 Å². The van der Waals surface area contributed by atoms with Crippen molar-refractivity contribution >= 4 is 11.9 Å². The number of benzene rings is 2. The molecule has 7 nitrogen and oxygen atoms in total. The Hall–Kier alpha value is -3.22. The minimum atomic E-state index is -0.664. The average Bonchev–Trinajstić information content (AvgIpc) is 2.66. The molecule has 0 saturated carbocycles. The number of phenolic OH excluding ortho intramolecular Hbond substituents is 1. The van der Waals surface area contributed by atoms with Crippen LogP contribution in [-0.4, -0.2) is 43.3 Å². The molecular formula is C19H19NO6. The summed E-state index contributed by atoms with van der Waals surface area (Å²) in [5, 5.41) is 12.0. The van der Waals surface area contributed by atoms with Crippen molar-refractivity contribution in [1.82, 2.24) is 5.32 Å². The molecule has 1 heterocycles. The van der Waals surface area contributed by atoms with Gasteiger partial charge in [0.15, 0.2) is 18.1 Å². The number of ether oxygens (including phenoxy) is 3. The Morgan fingerprint density at radius 3 is 2.69 bits per heavy atom. The molecule has 0 saturated heterocycles. The van der Waals surface area contributed by atoms with Gasteiger partial charge in [-0.15, -0.1) is 0 Å². The molecule has 1 aliphatic heterocycles. The zero-order valence-corrected chi connectivity index (χ0v) is 14.1. The summed E-state index contributed by atoms with van der Waals surface area (Å²) in [5.74, 6) is 0.338. The number of nitrogens with one attached hydrogen (secondary N) is 1. The van der Waals surface area contributed by atoms with E-state index in [9.17, 15) is 14.7 Å². The Morgan fingerprint density at radius 1 is 1.08 bits per heavy atom. The SMILES string of the molecule is O=C(COC(=O)c1cccc(O)c1)NCCc1ccc2c(c1)OCCO2. The second kappa shape index (κ2) is 8.24. The van der Waals surface area contributed by atoms with Crippen LogP contribution in [0.2, 0.25) is 0 Å². The molecule has 2 aromatic rings. The lowest BCUT2D eigenvalue weighted by Gasteiger charge is -2.18. The fourth-order valence-corrected chi connectivity index (χ4v) is 2.49. The van der Waals surface area contributed by atoms with Crippen molar-refractivity contribution in [2.24, 2.45) is 0 Å². The van der Waals surface area contributed by atoms with Crippen molar-refractivity contribution in [3.05, 3.63) is 53.6 Å². The Morgan fingerprint density at radius 2 is 1.88 bits per heavy atom. The van der Waals surface area contributed by atoms with Crippen LogP contribution in [0.4, 0.5) is 0 Å². The van der Waals surface area contributed by atoms with Crippen molar-refractivity contribution < 1.29 is 28.9 Å². The van der Waals surface area contributed by atoms with E-state index in [0.29, 0.717) is 31.9 Å². The van der Waals surface area contributed by atoms with Crippen molar-refractivity contribution in [2.75, 3.05) is 26.4 Å². The van der Waals surface area contributed by atoms with Gasteiger partial charge in [-0.2, -0.15) is 0 Å². The molecule has 0 bridgehead atoms. The van der Waals surface area contributed by atoms with Gasteiger partial charge in [-0.25, -0.2) is 4.79 Å². The monoisotopic (exact) mass is 357 g/mol. The Balaban J connectivity index is 1.41. The van der Waals surface area contributed by atoms with E-state index in [1.54, 1.807) is 0 Å². The van der Waals surface area contributed by atoms with Gasteiger partial charge in [0.2, 0.25) is 0 Å². The minimum Gasteiger partial charge on any atom is -0.508 e. The highest BCUT2D eigenvalue weighted by Gasteiger charge is 2.13. The summed E-state index contributed by atoms with van der Waals surface area (Å²) in [6.45, 7) is 1.10. The van der Waals surface area contributed by atoms with Gasteiger partial charge in [0.05, 0.1) is 5.56 Å². The molecule has 0 unspecified atom stereocenters. The molecular weight excluding hydrogens is 338 g/mol. The first-order chi connectivity index (χ1) is 12.6. The fourth-order valence-electron chi connectivity index (χ4n) is 2.49. The maximum Gasteiger partial charge on any atom is 0.338 e. The van der Waals surface area contributed by atoms with Crippen LogP contribution in [0, 0.1) is 0 Å². The first kappa shape index (κ1) is 17.6. The Bertz CT molecular complexity index is 804. The van der Waals surface area contributed by atoms with Crippen LogP contribution in [0.3, 0.4) is 0 Å². The molecule has 2 N–H and O–H groups in total. The summed E-state index contributed by atoms with van der Waals surface area (Å²) < 4.78 is 15.9. The van der Waals surface area contributed by atoms with Crippen molar-refractivity contribution in [3.8, 4) is 17.2 Å². The van der Waals surface area contributed by atoms with E-state index < -0.39 is 11.9 Å². The maximum atomic E-state index is 11.8. The lowest BCUT2D eigenvalue weighted by molar-refractivity contribution is -0.124. The Kier molecular flexibility index (Phi) is 5.58. The number of esters is 1. The van der Waals surface area contributed by atoms with Crippen LogP contribution in [-0.2, 0) is 16.0 Å². The predicted octanol–water partition coefficient (Wildman–Crippen LogP) is 1.68. The summed E-state index contributed by atoms with van der Waals surface area (Å²) in [6, 6.07) is 11.4. The summed E-state index contributed by atoms with van der Waals surface area (Å²) in [7, 11) is 0. The summed E-state index contributed by atoms with van der Waals surface area (Å²) in [4.78, 5) is 23.6. The summed E-state index contributed by atoms with van der Waals surface area (Å²) in [5.41, 5.74) is 1.19. The number of carbonyl (C=O) groups excluding carboxylic acids is 2. The largest absolute Gasteiger partial charge is 0.508 e. The first-order valence-electron chi connectivity index (χ1n) is 8.23. The molecule has 1 aliphatic rings. The molecule has 0 aromatic heterocycles. The maximum absolute atomic E-state index is 11.8. The standard InChI is InChI=1S/C19H19NO6/c21-15-3-1-2-14(11-15)19(23)26-12-18(22)20-7-6-13-4-5-16-17(10-13)25-9-8-24-16/h1-5,10-11,21H,6-9,12H2,(H,20,22). The van der Waals surface area contributed by atoms with Crippen LogP contribution >= 0.6 is 0 Å². The smallest absolute Gasteiger partial charge is 0.338 e. The number of amides is 1. The second-order valence-corrected chi connectivity index (χ2v) is 5.70. The van der Waals surface area contributed by atoms with Gasteiger partial charge in [-0.05, 0) is 42.3 Å². The van der Waals surface area contributed by atoms with Crippen LogP contribution in [0.1, 0.15) is 15.9 Å².